The first-order valence-corrected chi connectivity index (χ1v) is 8.86. The molecule has 2 rings (SSSR count). The number of benzene rings is 2. The van der Waals surface area contributed by atoms with Gasteiger partial charge < -0.3 is 10.8 Å². The topological polar surface area (TPSA) is 66.6 Å². The van der Waals surface area contributed by atoms with Crippen LogP contribution in [0.2, 0.25) is 0 Å². The summed E-state index contributed by atoms with van der Waals surface area (Å²) in [6, 6.07) is 15.6. The number of hydrogen-bond acceptors (Lipinski definition) is 3. The van der Waals surface area contributed by atoms with Gasteiger partial charge in [0.15, 0.2) is 0 Å². The monoisotopic (exact) mass is 344 g/mol. The number of nitrogens with two attached hydrogens (primary N) is 1. The number of nitrogens with zero attached hydrogens (tertiary/aromatic N) is 1. The van der Waals surface area contributed by atoms with Crippen molar-refractivity contribution in [3.8, 4) is 0 Å². The van der Waals surface area contributed by atoms with Crippen molar-refractivity contribution < 1.29 is 9.90 Å². The summed E-state index contributed by atoms with van der Waals surface area (Å²) in [5.74, 6) is 0.912. The van der Waals surface area contributed by atoms with Crippen LogP contribution in [0.4, 0.5) is 16.2 Å². The highest BCUT2D eigenvalue weighted by Gasteiger charge is 2.27. The molecule has 2 aromatic rings. The zero-order chi connectivity index (χ0) is 17.7. The smallest absolute Gasteiger partial charge is 0.412 e. The Labute approximate surface area is 147 Å². The Morgan fingerprint density at radius 3 is 2.50 bits per heavy atom. The quantitative estimate of drug-likeness (QED) is 0.599. The van der Waals surface area contributed by atoms with Gasteiger partial charge in [0, 0.05) is 27.6 Å². The third kappa shape index (κ3) is 4.93. The highest BCUT2D eigenvalue weighted by atomic mass is 32.2. The van der Waals surface area contributed by atoms with E-state index in [0.717, 1.165) is 22.8 Å². The van der Waals surface area contributed by atoms with E-state index in [1.807, 2.05) is 63.2 Å². The third-order valence-electron chi connectivity index (χ3n) is 3.55. The van der Waals surface area contributed by atoms with Crippen LogP contribution in [0, 0.1) is 0 Å². The zero-order valence-corrected chi connectivity index (χ0v) is 15.1. The zero-order valence-electron chi connectivity index (χ0n) is 14.3. The van der Waals surface area contributed by atoms with Gasteiger partial charge in [0.2, 0.25) is 0 Å². The number of rotatable bonds is 5. The molecule has 0 atom stereocenters. The standard InChI is InChI=1S/C19H24N2O2S/c1-19(2,3)21(18(22)23)16-8-5-9-17(13-16)24-11-10-14-6-4-7-15(20)12-14/h4-9,12-13H,10-11,20H2,1-3H3,(H,22,23). The Hall–Kier alpha value is -2.14. The highest BCUT2D eigenvalue weighted by Crippen LogP contribution is 2.29. The first kappa shape index (κ1) is 18.2. The van der Waals surface area contributed by atoms with Crippen LogP contribution in [0.1, 0.15) is 26.3 Å². The van der Waals surface area contributed by atoms with Gasteiger partial charge in [-0.05, 0) is 63.1 Å². The largest absolute Gasteiger partial charge is 0.465 e. The number of amides is 1. The summed E-state index contributed by atoms with van der Waals surface area (Å²) in [5.41, 5.74) is 7.99. The minimum Gasteiger partial charge on any atom is -0.465 e. The summed E-state index contributed by atoms with van der Waals surface area (Å²) in [5, 5.41) is 9.51. The average Bonchev–Trinajstić information content (AvgIpc) is 2.46. The minimum atomic E-state index is -0.940. The summed E-state index contributed by atoms with van der Waals surface area (Å²) in [4.78, 5) is 14.1. The van der Waals surface area contributed by atoms with Crippen LogP contribution >= 0.6 is 11.8 Å². The van der Waals surface area contributed by atoms with Gasteiger partial charge in [0.25, 0.3) is 0 Å². The molecule has 2 aromatic carbocycles. The molecule has 0 aliphatic carbocycles. The summed E-state index contributed by atoms with van der Waals surface area (Å²) in [7, 11) is 0. The minimum absolute atomic E-state index is 0.489. The maximum absolute atomic E-state index is 11.6. The van der Waals surface area contributed by atoms with E-state index < -0.39 is 11.6 Å². The Kier molecular flexibility index (Phi) is 5.78. The molecule has 0 heterocycles. The van der Waals surface area contributed by atoms with Crippen molar-refractivity contribution in [3.63, 3.8) is 0 Å². The van der Waals surface area contributed by atoms with Gasteiger partial charge in [-0.2, -0.15) is 0 Å². The van der Waals surface area contributed by atoms with Crippen molar-refractivity contribution in [1.82, 2.24) is 0 Å². The van der Waals surface area contributed by atoms with Crippen molar-refractivity contribution in [1.29, 1.82) is 0 Å². The first-order chi connectivity index (χ1) is 11.3. The molecule has 3 N–H and O–H groups in total. The predicted molar refractivity (Wildman–Crippen MR) is 102 cm³/mol. The van der Waals surface area contributed by atoms with Gasteiger partial charge in [-0.15, -0.1) is 11.8 Å². The van der Waals surface area contributed by atoms with Crippen LogP contribution in [0.25, 0.3) is 0 Å². The normalized spacial score (nSPS) is 11.3. The van der Waals surface area contributed by atoms with Gasteiger partial charge in [0.1, 0.15) is 0 Å². The molecule has 0 saturated heterocycles. The molecule has 0 unspecified atom stereocenters. The molecule has 4 nitrogen and oxygen atoms in total. The number of carboxylic acid groups (broad SMARTS) is 1. The Bertz CT molecular complexity index is 711. The number of thioether (sulfide) groups is 1. The molecule has 0 saturated carbocycles. The van der Waals surface area contributed by atoms with Gasteiger partial charge >= 0.3 is 6.09 Å². The lowest BCUT2D eigenvalue weighted by molar-refractivity contribution is 0.195. The molecule has 0 aliphatic heterocycles. The summed E-state index contributed by atoms with van der Waals surface area (Å²) in [6.45, 7) is 5.67. The number of hydrogen-bond donors (Lipinski definition) is 2. The van der Waals surface area contributed by atoms with Crippen molar-refractivity contribution in [3.05, 3.63) is 54.1 Å². The van der Waals surface area contributed by atoms with Gasteiger partial charge in [-0.3, -0.25) is 4.90 Å². The molecule has 0 radical (unpaired) electrons. The van der Waals surface area contributed by atoms with Crippen LogP contribution in [-0.2, 0) is 6.42 Å². The van der Waals surface area contributed by atoms with Crippen LogP contribution in [-0.4, -0.2) is 22.5 Å². The number of anilines is 2. The first-order valence-electron chi connectivity index (χ1n) is 7.88. The van der Waals surface area contributed by atoms with E-state index in [-0.39, 0.29) is 0 Å². The Morgan fingerprint density at radius 1 is 1.17 bits per heavy atom. The van der Waals surface area contributed by atoms with Crippen LogP contribution < -0.4 is 10.6 Å². The summed E-state index contributed by atoms with van der Waals surface area (Å²) >= 11 is 1.71. The fourth-order valence-corrected chi connectivity index (χ4v) is 3.48. The molecular weight excluding hydrogens is 320 g/mol. The second kappa shape index (κ2) is 7.62. The molecular formula is C19H24N2O2S. The summed E-state index contributed by atoms with van der Waals surface area (Å²) < 4.78 is 0. The molecule has 0 spiro atoms. The Balaban J connectivity index is 2.06. The molecule has 128 valence electrons. The fraction of sp³-hybridized carbons (Fsp3) is 0.316. The van der Waals surface area contributed by atoms with Gasteiger partial charge in [-0.25, -0.2) is 4.79 Å². The molecule has 0 aromatic heterocycles. The predicted octanol–water partition coefficient (Wildman–Crippen LogP) is 4.89. The van der Waals surface area contributed by atoms with Crippen molar-refractivity contribution >= 4 is 29.2 Å². The molecule has 24 heavy (non-hydrogen) atoms. The molecule has 0 bridgehead atoms. The number of nitrogen functional groups attached to an aromatic ring is 1. The van der Waals surface area contributed by atoms with E-state index in [0.29, 0.717) is 5.69 Å². The van der Waals surface area contributed by atoms with Crippen LogP contribution in [0.15, 0.2) is 53.4 Å². The van der Waals surface area contributed by atoms with Crippen molar-refractivity contribution in [2.24, 2.45) is 0 Å². The third-order valence-corrected chi connectivity index (χ3v) is 4.54. The highest BCUT2D eigenvalue weighted by molar-refractivity contribution is 7.99. The second-order valence-corrected chi connectivity index (χ2v) is 7.80. The molecule has 5 heteroatoms. The number of aryl methyl sites for hydroxylation is 1. The number of carbonyl (C=O) groups is 1. The van der Waals surface area contributed by atoms with E-state index >= 15 is 0 Å². The SMILES string of the molecule is CC(C)(C)N(C(=O)O)c1cccc(SCCc2cccc(N)c2)c1. The van der Waals surface area contributed by atoms with Crippen molar-refractivity contribution in [2.45, 2.75) is 37.6 Å². The molecule has 0 fully saturated rings. The maximum atomic E-state index is 11.6. The van der Waals surface area contributed by atoms with Crippen LogP contribution in [0.5, 0.6) is 0 Å². The summed E-state index contributed by atoms with van der Waals surface area (Å²) in [6.07, 6.45) is -0.0219. The average molecular weight is 344 g/mol. The van der Waals surface area contributed by atoms with E-state index in [1.165, 1.54) is 10.5 Å². The fourth-order valence-electron chi connectivity index (χ4n) is 2.53. The maximum Gasteiger partial charge on any atom is 0.412 e. The van der Waals surface area contributed by atoms with E-state index in [4.69, 9.17) is 5.73 Å². The van der Waals surface area contributed by atoms with Crippen molar-refractivity contribution in [2.75, 3.05) is 16.4 Å². The van der Waals surface area contributed by atoms with Gasteiger partial charge in [-0.1, -0.05) is 18.2 Å². The molecule has 1 amide bonds. The lowest BCUT2D eigenvalue weighted by Crippen LogP contribution is -2.45. The van der Waals surface area contributed by atoms with E-state index in [1.54, 1.807) is 11.8 Å². The lowest BCUT2D eigenvalue weighted by atomic mass is 10.1. The Morgan fingerprint density at radius 2 is 1.88 bits per heavy atom. The van der Waals surface area contributed by atoms with E-state index in [9.17, 15) is 9.90 Å². The molecule has 0 aliphatic rings. The second-order valence-electron chi connectivity index (χ2n) is 6.63. The van der Waals surface area contributed by atoms with Crippen LogP contribution in [0.3, 0.4) is 0 Å². The van der Waals surface area contributed by atoms with E-state index in [2.05, 4.69) is 6.07 Å². The lowest BCUT2D eigenvalue weighted by Gasteiger charge is -2.33. The van der Waals surface area contributed by atoms with Gasteiger partial charge in [0.05, 0.1) is 0 Å².